The lowest BCUT2D eigenvalue weighted by molar-refractivity contribution is -0.103. The maximum Gasteiger partial charge on any atom is 0.0771 e. The lowest BCUT2D eigenvalue weighted by atomic mass is 9.45. The van der Waals surface area contributed by atoms with E-state index in [9.17, 15) is 5.11 Å². The Morgan fingerprint density at radius 3 is 2.50 bits per heavy atom. The molecular formula is C15H26O. The first kappa shape index (κ1) is 12.2. The molecule has 2 bridgehead atoms. The van der Waals surface area contributed by atoms with Crippen molar-refractivity contribution in [1.29, 1.82) is 0 Å². The Kier molecular flexibility index (Phi) is 2.94. The first-order valence-electron chi connectivity index (χ1n) is 6.71. The SMILES string of the molecule is CC(C)(O)C=CCC1CCC2CC1C2(C)C. The van der Waals surface area contributed by atoms with Gasteiger partial charge >= 0.3 is 0 Å². The summed E-state index contributed by atoms with van der Waals surface area (Å²) < 4.78 is 0. The van der Waals surface area contributed by atoms with Crippen LogP contribution >= 0.6 is 0 Å². The molecular weight excluding hydrogens is 196 g/mol. The van der Waals surface area contributed by atoms with Gasteiger partial charge in [-0.15, -0.1) is 0 Å². The van der Waals surface area contributed by atoms with Crippen LogP contribution in [0.3, 0.4) is 0 Å². The molecule has 1 heteroatoms. The molecule has 3 rings (SSSR count). The zero-order valence-electron chi connectivity index (χ0n) is 11.2. The average molecular weight is 222 g/mol. The quantitative estimate of drug-likeness (QED) is 0.721. The van der Waals surface area contributed by atoms with E-state index < -0.39 is 5.60 Å². The predicted octanol–water partition coefficient (Wildman–Crippen LogP) is 3.78. The van der Waals surface area contributed by atoms with Crippen molar-refractivity contribution in [2.45, 2.75) is 59.0 Å². The molecule has 16 heavy (non-hydrogen) atoms. The molecule has 0 radical (unpaired) electrons. The maximum absolute atomic E-state index is 9.64. The number of hydrogen-bond acceptors (Lipinski definition) is 1. The Morgan fingerprint density at radius 1 is 1.31 bits per heavy atom. The molecule has 0 aromatic rings. The lowest BCUT2D eigenvalue weighted by Crippen LogP contribution is -2.52. The monoisotopic (exact) mass is 222 g/mol. The molecule has 0 aliphatic heterocycles. The third-order valence-electron chi connectivity index (χ3n) is 4.97. The minimum Gasteiger partial charge on any atom is -0.386 e. The molecule has 3 atom stereocenters. The van der Waals surface area contributed by atoms with Gasteiger partial charge in [0.1, 0.15) is 0 Å². The van der Waals surface area contributed by atoms with Crippen LogP contribution in [0.15, 0.2) is 12.2 Å². The summed E-state index contributed by atoms with van der Waals surface area (Å²) in [4.78, 5) is 0. The van der Waals surface area contributed by atoms with Crippen molar-refractivity contribution < 1.29 is 5.11 Å². The third kappa shape index (κ3) is 2.20. The van der Waals surface area contributed by atoms with Crippen LogP contribution in [-0.2, 0) is 0 Å². The van der Waals surface area contributed by atoms with Crippen molar-refractivity contribution in [2.24, 2.45) is 23.2 Å². The number of aliphatic hydroxyl groups is 1. The van der Waals surface area contributed by atoms with Crippen molar-refractivity contribution in [3.05, 3.63) is 12.2 Å². The van der Waals surface area contributed by atoms with Gasteiger partial charge < -0.3 is 5.11 Å². The lowest BCUT2D eigenvalue weighted by Gasteiger charge is -2.60. The largest absolute Gasteiger partial charge is 0.386 e. The van der Waals surface area contributed by atoms with Crippen molar-refractivity contribution in [3.8, 4) is 0 Å². The molecule has 1 nitrogen and oxygen atoms in total. The summed E-state index contributed by atoms with van der Waals surface area (Å²) in [6, 6.07) is 0. The average Bonchev–Trinajstić information content (AvgIpc) is 2.15. The smallest absolute Gasteiger partial charge is 0.0771 e. The Hall–Kier alpha value is -0.300. The second-order valence-electron chi connectivity index (χ2n) is 6.99. The van der Waals surface area contributed by atoms with Crippen LogP contribution in [0.25, 0.3) is 0 Å². The van der Waals surface area contributed by atoms with E-state index >= 15 is 0 Å². The summed E-state index contributed by atoms with van der Waals surface area (Å²) in [6.45, 7) is 8.57. The van der Waals surface area contributed by atoms with Crippen LogP contribution in [0.1, 0.15) is 53.4 Å². The zero-order valence-corrected chi connectivity index (χ0v) is 11.2. The molecule has 3 fully saturated rings. The van der Waals surface area contributed by atoms with Gasteiger partial charge in [-0.25, -0.2) is 0 Å². The highest BCUT2D eigenvalue weighted by Crippen LogP contribution is 2.62. The van der Waals surface area contributed by atoms with E-state index in [4.69, 9.17) is 0 Å². The van der Waals surface area contributed by atoms with Gasteiger partial charge in [0.25, 0.3) is 0 Å². The highest BCUT2D eigenvalue weighted by molar-refractivity contribution is 5.05. The Bertz CT molecular complexity index is 280. The van der Waals surface area contributed by atoms with Gasteiger partial charge in [0.05, 0.1) is 5.60 Å². The van der Waals surface area contributed by atoms with Gasteiger partial charge in [-0.2, -0.15) is 0 Å². The van der Waals surface area contributed by atoms with Crippen LogP contribution in [-0.4, -0.2) is 10.7 Å². The second kappa shape index (κ2) is 3.87. The molecule has 1 N–H and O–H groups in total. The van der Waals surface area contributed by atoms with E-state index in [1.165, 1.54) is 19.3 Å². The summed E-state index contributed by atoms with van der Waals surface area (Å²) >= 11 is 0. The third-order valence-corrected chi connectivity index (χ3v) is 4.97. The molecule has 3 saturated carbocycles. The Labute approximate surface area is 99.9 Å². The molecule has 3 aliphatic carbocycles. The normalized spacial score (nSPS) is 37.4. The first-order chi connectivity index (χ1) is 7.31. The molecule has 0 aromatic carbocycles. The highest BCUT2D eigenvalue weighted by Gasteiger charge is 2.53. The van der Waals surface area contributed by atoms with Crippen molar-refractivity contribution >= 4 is 0 Å². The summed E-state index contributed by atoms with van der Waals surface area (Å²) in [7, 11) is 0. The minimum absolute atomic E-state index is 0.589. The number of allylic oxidation sites excluding steroid dienone is 1. The van der Waals surface area contributed by atoms with Crippen molar-refractivity contribution in [3.63, 3.8) is 0 Å². The number of fused-ring (bicyclic) bond motifs is 2. The molecule has 0 saturated heterocycles. The zero-order chi connectivity index (χ0) is 12.0. The molecule has 0 aromatic heterocycles. The number of hydrogen-bond donors (Lipinski definition) is 1. The van der Waals surface area contributed by atoms with E-state index in [2.05, 4.69) is 19.9 Å². The summed E-state index contributed by atoms with van der Waals surface area (Å²) in [5.41, 5.74) is -0.0577. The van der Waals surface area contributed by atoms with Crippen LogP contribution in [0.4, 0.5) is 0 Å². The van der Waals surface area contributed by atoms with Crippen molar-refractivity contribution in [2.75, 3.05) is 0 Å². The summed E-state index contributed by atoms with van der Waals surface area (Å²) in [5.74, 6) is 2.78. The van der Waals surface area contributed by atoms with Gasteiger partial charge in [0.2, 0.25) is 0 Å². The standard InChI is InChI=1S/C15H26O/c1-14(2,16)9-5-6-11-7-8-12-10-13(11)15(12,3)4/h5,9,11-13,16H,6-8,10H2,1-4H3. The fraction of sp³-hybridized carbons (Fsp3) is 0.867. The van der Waals surface area contributed by atoms with Gasteiger partial charge in [-0.1, -0.05) is 26.0 Å². The maximum atomic E-state index is 9.64. The predicted molar refractivity (Wildman–Crippen MR) is 68.2 cm³/mol. The molecule has 0 heterocycles. The fourth-order valence-electron chi connectivity index (χ4n) is 3.78. The minimum atomic E-state index is -0.646. The highest BCUT2D eigenvalue weighted by atomic mass is 16.3. The van der Waals surface area contributed by atoms with E-state index in [1.54, 1.807) is 0 Å². The van der Waals surface area contributed by atoms with Crippen LogP contribution < -0.4 is 0 Å². The molecule has 3 aliphatic rings. The van der Waals surface area contributed by atoms with Crippen LogP contribution in [0.2, 0.25) is 0 Å². The van der Waals surface area contributed by atoms with Crippen LogP contribution in [0, 0.1) is 23.2 Å². The van der Waals surface area contributed by atoms with Crippen molar-refractivity contribution in [1.82, 2.24) is 0 Å². The molecule has 92 valence electrons. The van der Waals surface area contributed by atoms with Gasteiger partial charge in [0, 0.05) is 0 Å². The fourth-order valence-corrected chi connectivity index (χ4v) is 3.78. The molecule has 0 spiro atoms. The Morgan fingerprint density at radius 2 is 2.00 bits per heavy atom. The number of rotatable bonds is 3. The van der Waals surface area contributed by atoms with Gasteiger partial charge in [-0.05, 0) is 62.7 Å². The summed E-state index contributed by atoms with van der Waals surface area (Å²) in [5, 5.41) is 9.64. The molecule has 0 amide bonds. The van der Waals surface area contributed by atoms with Gasteiger partial charge in [-0.3, -0.25) is 0 Å². The first-order valence-corrected chi connectivity index (χ1v) is 6.71. The van der Waals surface area contributed by atoms with Gasteiger partial charge in [0.15, 0.2) is 0 Å². The summed E-state index contributed by atoms with van der Waals surface area (Å²) in [6.07, 6.45) is 9.57. The molecule has 3 unspecified atom stereocenters. The van der Waals surface area contributed by atoms with Crippen LogP contribution in [0.5, 0.6) is 0 Å². The van der Waals surface area contributed by atoms with E-state index in [1.807, 2.05) is 19.9 Å². The second-order valence-corrected chi connectivity index (χ2v) is 6.99. The topological polar surface area (TPSA) is 20.2 Å². The Balaban J connectivity index is 1.90. The van der Waals surface area contributed by atoms with E-state index in [0.717, 1.165) is 24.2 Å². The van der Waals surface area contributed by atoms with E-state index in [-0.39, 0.29) is 0 Å². The van der Waals surface area contributed by atoms with E-state index in [0.29, 0.717) is 5.41 Å².